The fraction of sp³-hybridized carbons (Fsp3) is 0.278. The lowest BCUT2D eigenvalue weighted by Crippen LogP contribution is -2.32. The second-order valence-electron chi connectivity index (χ2n) is 5.41. The van der Waals surface area contributed by atoms with Crippen molar-refractivity contribution in [1.29, 1.82) is 0 Å². The zero-order chi connectivity index (χ0) is 16.8. The van der Waals surface area contributed by atoms with Crippen molar-refractivity contribution in [3.63, 3.8) is 0 Å². The van der Waals surface area contributed by atoms with E-state index in [0.717, 1.165) is 11.3 Å². The number of hydrogen-bond donors (Lipinski definition) is 2. The van der Waals surface area contributed by atoms with Gasteiger partial charge in [0.25, 0.3) is 0 Å². The Kier molecular flexibility index (Phi) is 5.88. The molecule has 2 N–H and O–H groups in total. The molecule has 2 rings (SSSR count). The van der Waals surface area contributed by atoms with Crippen molar-refractivity contribution < 1.29 is 9.53 Å². The third kappa shape index (κ3) is 4.89. The molecule has 0 saturated carbocycles. The fourth-order valence-electron chi connectivity index (χ4n) is 2.14. The predicted octanol–water partition coefficient (Wildman–Crippen LogP) is 4.47. The highest BCUT2D eigenvalue weighted by atomic mass is 35.5. The van der Waals surface area contributed by atoms with Gasteiger partial charge >= 0.3 is 6.03 Å². The van der Waals surface area contributed by atoms with E-state index in [1.54, 1.807) is 12.1 Å². The van der Waals surface area contributed by atoms with E-state index in [0.29, 0.717) is 23.9 Å². The van der Waals surface area contributed by atoms with Crippen LogP contribution in [0, 0.1) is 20.8 Å². The zero-order valence-corrected chi connectivity index (χ0v) is 14.3. The van der Waals surface area contributed by atoms with E-state index in [1.807, 2.05) is 25.1 Å². The minimum absolute atomic E-state index is 0.307. The standard InChI is InChI=1S/C18H21ClN2O2/c1-12-10-14(3)17(11-13(12)2)23-9-8-20-18(22)21-16-7-5-4-6-15(16)19/h4-7,10-11H,8-9H2,1-3H3,(H2,20,21,22). The Balaban J connectivity index is 1.78. The van der Waals surface area contributed by atoms with Gasteiger partial charge in [0, 0.05) is 0 Å². The number of aryl methyl sites for hydroxylation is 3. The monoisotopic (exact) mass is 332 g/mol. The number of hydrogen-bond acceptors (Lipinski definition) is 2. The molecule has 0 aromatic heterocycles. The van der Waals surface area contributed by atoms with Gasteiger partial charge in [0.1, 0.15) is 12.4 Å². The maximum Gasteiger partial charge on any atom is 0.319 e. The lowest BCUT2D eigenvalue weighted by Gasteiger charge is -2.13. The Labute approximate surface area is 141 Å². The summed E-state index contributed by atoms with van der Waals surface area (Å²) in [5.41, 5.74) is 4.10. The van der Waals surface area contributed by atoms with Crippen LogP contribution in [-0.4, -0.2) is 19.2 Å². The smallest absolute Gasteiger partial charge is 0.319 e. The minimum Gasteiger partial charge on any atom is -0.491 e. The van der Waals surface area contributed by atoms with Gasteiger partial charge in [-0.3, -0.25) is 0 Å². The van der Waals surface area contributed by atoms with Crippen molar-refractivity contribution in [3.8, 4) is 5.75 Å². The maximum absolute atomic E-state index is 11.8. The predicted molar refractivity (Wildman–Crippen MR) is 94.6 cm³/mol. The van der Waals surface area contributed by atoms with E-state index in [2.05, 4.69) is 30.5 Å². The summed E-state index contributed by atoms with van der Waals surface area (Å²) in [5, 5.41) is 5.94. The number of ether oxygens (including phenoxy) is 1. The van der Waals surface area contributed by atoms with Crippen LogP contribution in [0.1, 0.15) is 16.7 Å². The average molecular weight is 333 g/mol. The van der Waals surface area contributed by atoms with Crippen LogP contribution in [-0.2, 0) is 0 Å². The van der Waals surface area contributed by atoms with Crippen molar-refractivity contribution in [3.05, 3.63) is 58.1 Å². The molecule has 0 aliphatic carbocycles. The van der Waals surface area contributed by atoms with E-state index in [1.165, 1.54) is 11.1 Å². The van der Waals surface area contributed by atoms with Crippen molar-refractivity contribution in [2.45, 2.75) is 20.8 Å². The second kappa shape index (κ2) is 7.88. The molecule has 0 unspecified atom stereocenters. The number of nitrogens with one attached hydrogen (secondary N) is 2. The molecule has 0 bridgehead atoms. The summed E-state index contributed by atoms with van der Waals surface area (Å²) in [6, 6.07) is 10.9. The van der Waals surface area contributed by atoms with E-state index >= 15 is 0 Å². The zero-order valence-electron chi connectivity index (χ0n) is 13.6. The normalized spacial score (nSPS) is 10.3. The van der Waals surface area contributed by atoms with E-state index in [-0.39, 0.29) is 6.03 Å². The summed E-state index contributed by atoms with van der Waals surface area (Å²) in [6.45, 7) is 6.95. The Morgan fingerprint density at radius 3 is 2.52 bits per heavy atom. The summed E-state index contributed by atoms with van der Waals surface area (Å²) in [4.78, 5) is 11.8. The van der Waals surface area contributed by atoms with E-state index < -0.39 is 0 Å². The number of carbonyl (C=O) groups excluding carboxylic acids is 1. The summed E-state index contributed by atoms with van der Waals surface area (Å²) >= 11 is 5.99. The molecule has 4 nitrogen and oxygen atoms in total. The molecule has 2 aromatic rings. The molecule has 122 valence electrons. The summed E-state index contributed by atoms with van der Waals surface area (Å²) in [7, 11) is 0. The molecule has 2 aromatic carbocycles. The van der Waals surface area contributed by atoms with Gasteiger partial charge in [-0.1, -0.05) is 29.8 Å². The minimum atomic E-state index is -0.307. The molecule has 0 atom stereocenters. The molecular formula is C18H21ClN2O2. The number of para-hydroxylation sites is 1. The number of carbonyl (C=O) groups is 1. The summed E-state index contributed by atoms with van der Waals surface area (Å²) in [5.74, 6) is 0.849. The van der Waals surface area contributed by atoms with Crippen molar-refractivity contribution >= 4 is 23.3 Å². The molecular weight excluding hydrogens is 312 g/mol. The van der Waals surface area contributed by atoms with E-state index in [4.69, 9.17) is 16.3 Å². The number of amides is 2. The van der Waals surface area contributed by atoms with Crippen LogP contribution in [0.25, 0.3) is 0 Å². The first-order valence-electron chi connectivity index (χ1n) is 7.47. The van der Waals surface area contributed by atoms with Crippen LogP contribution < -0.4 is 15.4 Å². The Hall–Kier alpha value is -2.20. The van der Waals surface area contributed by atoms with Crippen LogP contribution in [0.3, 0.4) is 0 Å². The Bertz CT molecular complexity index is 701. The highest BCUT2D eigenvalue weighted by molar-refractivity contribution is 6.33. The average Bonchev–Trinajstić information content (AvgIpc) is 2.51. The third-order valence-corrected chi connectivity index (χ3v) is 3.89. The first-order valence-corrected chi connectivity index (χ1v) is 7.85. The first kappa shape index (κ1) is 17.2. The lowest BCUT2D eigenvalue weighted by molar-refractivity contribution is 0.247. The van der Waals surface area contributed by atoms with Crippen LogP contribution in [0.4, 0.5) is 10.5 Å². The molecule has 0 spiro atoms. The number of rotatable bonds is 5. The Morgan fingerprint density at radius 2 is 1.78 bits per heavy atom. The topological polar surface area (TPSA) is 50.4 Å². The molecule has 0 aliphatic heterocycles. The second-order valence-corrected chi connectivity index (χ2v) is 5.82. The summed E-state index contributed by atoms with van der Waals surface area (Å²) in [6.07, 6.45) is 0. The van der Waals surface area contributed by atoms with Crippen LogP contribution in [0.5, 0.6) is 5.75 Å². The molecule has 2 amide bonds. The van der Waals surface area contributed by atoms with E-state index in [9.17, 15) is 4.79 Å². The van der Waals surface area contributed by atoms with Gasteiger partial charge in [-0.15, -0.1) is 0 Å². The number of anilines is 1. The quantitative estimate of drug-likeness (QED) is 0.794. The van der Waals surface area contributed by atoms with Gasteiger partial charge in [0.2, 0.25) is 0 Å². The highest BCUT2D eigenvalue weighted by Crippen LogP contribution is 2.22. The number of benzene rings is 2. The lowest BCUT2D eigenvalue weighted by atomic mass is 10.1. The van der Waals surface area contributed by atoms with Gasteiger partial charge in [-0.25, -0.2) is 4.79 Å². The van der Waals surface area contributed by atoms with Gasteiger partial charge in [-0.2, -0.15) is 0 Å². The van der Waals surface area contributed by atoms with Crippen molar-refractivity contribution in [2.75, 3.05) is 18.5 Å². The summed E-state index contributed by atoms with van der Waals surface area (Å²) < 4.78 is 5.73. The molecule has 0 aliphatic rings. The van der Waals surface area contributed by atoms with Gasteiger partial charge in [-0.05, 0) is 55.7 Å². The molecule has 0 heterocycles. The fourth-order valence-corrected chi connectivity index (χ4v) is 2.33. The Morgan fingerprint density at radius 1 is 1.09 bits per heavy atom. The van der Waals surface area contributed by atoms with Gasteiger partial charge < -0.3 is 15.4 Å². The third-order valence-electron chi connectivity index (χ3n) is 3.56. The maximum atomic E-state index is 11.8. The molecule has 23 heavy (non-hydrogen) atoms. The SMILES string of the molecule is Cc1cc(C)c(OCCNC(=O)Nc2ccccc2Cl)cc1C. The molecule has 5 heteroatoms. The molecule has 0 fully saturated rings. The number of urea groups is 1. The largest absolute Gasteiger partial charge is 0.491 e. The number of halogens is 1. The molecule has 0 saturated heterocycles. The molecule has 0 radical (unpaired) electrons. The van der Waals surface area contributed by atoms with Crippen molar-refractivity contribution in [2.24, 2.45) is 0 Å². The van der Waals surface area contributed by atoms with Gasteiger partial charge in [0.05, 0.1) is 17.3 Å². The van der Waals surface area contributed by atoms with Crippen LogP contribution in [0.2, 0.25) is 5.02 Å². The highest BCUT2D eigenvalue weighted by Gasteiger charge is 2.05. The van der Waals surface area contributed by atoms with Crippen LogP contribution in [0.15, 0.2) is 36.4 Å². The van der Waals surface area contributed by atoms with Crippen molar-refractivity contribution in [1.82, 2.24) is 5.32 Å². The van der Waals surface area contributed by atoms with Crippen LogP contribution >= 0.6 is 11.6 Å². The first-order chi connectivity index (χ1) is 11.0. The van der Waals surface area contributed by atoms with Gasteiger partial charge in [0.15, 0.2) is 0 Å².